The molecule has 0 aromatic heterocycles. The number of ether oxygens (including phenoxy) is 2. The molecular weight excluding hydrogens is 238 g/mol. The van der Waals surface area contributed by atoms with Crippen molar-refractivity contribution in [3.63, 3.8) is 0 Å². The van der Waals surface area contributed by atoms with E-state index in [0.29, 0.717) is 6.04 Å². The van der Waals surface area contributed by atoms with Crippen LogP contribution in [-0.4, -0.2) is 38.0 Å². The summed E-state index contributed by atoms with van der Waals surface area (Å²) in [4.78, 5) is 0. The second-order valence-corrected chi connectivity index (χ2v) is 6.34. The first-order valence-corrected chi connectivity index (χ1v) is 7.99. The summed E-state index contributed by atoms with van der Waals surface area (Å²) in [6.07, 6.45) is 12.5. The van der Waals surface area contributed by atoms with Gasteiger partial charge in [0.25, 0.3) is 0 Å². The summed E-state index contributed by atoms with van der Waals surface area (Å²) in [5.74, 6) is 0. The molecule has 2 fully saturated rings. The van der Waals surface area contributed by atoms with Crippen molar-refractivity contribution in [1.29, 1.82) is 0 Å². The highest BCUT2D eigenvalue weighted by molar-refractivity contribution is 5.05. The number of rotatable bonds is 4. The number of allylic oxidation sites excluding steroid dienone is 1. The smallest absolute Gasteiger partial charge is 0.0951 e. The van der Waals surface area contributed by atoms with Crippen LogP contribution in [0.5, 0.6) is 0 Å². The molecule has 0 aromatic rings. The first-order chi connectivity index (χ1) is 9.36. The molecule has 1 aliphatic carbocycles. The molecule has 3 nitrogen and oxygen atoms in total. The molecule has 3 heteroatoms. The molecule has 0 radical (unpaired) electrons. The van der Waals surface area contributed by atoms with Gasteiger partial charge in [0.1, 0.15) is 0 Å². The largest absolute Gasteiger partial charge is 0.378 e. The molecule has 1 spiro atoms. The quantitative estimate of drug-likeness (QED) is 0.793. The summed E-state index contributed by atoms with van der Waals surface area (Å²) in [6, 6.07) is 0.625. The standard InChI is InChI=1S/C16H27NO2/c1-2-4-14(5-3-1)6-9-17-15-7-10-19-16(12-15)8-11-18-13-16/h4,15,17H,1-3,5-13H2. The van der Waals surface area contributed by atoms with Gasteiger partial charge >= 0.3 is 0 Å². The summed E-state index contributed by atoms with van der Waals surface area (Å²) in [5.41, 5.74) is 1.71. The lowest BCUT2D eigenvalue weighted by atomic mass is 9.89. The lowest BCUT2D eigenvalue weighted by molar-refractivity contribution is -0.0891. The molecule has 2 heterocycles. The van der Waals surface area contributed by atoms with Crippen LogP contribution in [0.3, 0.4) is 0 Å². The van der Waals surface area contributed by atoms with Gasteiger partial charge in [-0.3, -0.25) is 0 Å². The fraction of sp³-hybridized carbons (Fsp3) is 0.875. The fourth-order valence-electron chi connectivity index (χ4n) is 3.63. The van der Waals surface area contributed by atoms with E-state index in [4.69, 9.17) is 9.47 Å². The zero-order valence-corrected chi connectivity index (χ0v) is 12.0. The zero-order chi connectivity index (χ0) is 13.0. The SMILES string of the molecule is C1=C(CCNC2CCOC3(CCOC3)C2)CCCC1. The number of nitrogens with one attached hydrogen (secondary N) is 1. The fourth-order valence-corrected chi connectivity index (χ4v) is 3.63. The lowest BCUT2D eigenvalue weighted by Gasteiger charge is -2.37. The maximum Gasteiger partial charge on any atom is 0.0951 e. The van der Waals surface area contributed by atoms with Crippen LogP contribution in [0.25, 0.3) is 0 Å². The molecule has 3 aliphatic rings. The van der Waals surface area contributed by atoms with E-state index < -0.39 is 0 Å². The van der Waals surface area contributed by atoms with Crippen molar-refractivity contribution in [2.75, 3.05) is 26.4 Å². The molecule has 2 aliphatic heterocycles. The van der Waals surface area contributed by atoms with Gasteiger partial charge in [-0.25, -0.2) is 0 Å². The summed E-state index contributed by atoms with van der Waals surface area (Å²) < 4.78 is 11.5. The third-order valence-corrected chi connectivity index (χ3v) is 4.82. The average Bonchev–Trinajstić information content (AvgIpc) is 2.88. The Hall–Kier alpha value is -0.380. The average molecular weight is 265 g/mol. The van der Waals surface area contributed by atoms with Gasteiger partial charge in [-0.15, -0.1) is 0 Å². The summed E-state index contributed by atoms with van der Waals surface area (Å²) in [5, 5.41) is 3.74. The minimum Gasteiger partial charge on any atom is -0.378 e. The lowest BCUT2D eigenvalue weighted by Crippen LogP contribution is -2.47. The normalized spacial score (nSPS) is 35.6. The van der Waals surface area contributed by atoms with Crippen molar-refractivity contribution >= 4 is 0 Å². The van der Waals surface area contributed by atoms with E-state index in [1.54, 1.807) is 5.57 Å². The first-order valence-electron chi connectivity index (χ1n) is 7.99. The van der Waals surface area contributed by atoms with E-state index in [2.05, 4.69) is 11.4 Å². The van der Waals surface area contributed by atoms with E-state index in [1.807, 2.05) is 0 Å². The van der Waals surface area contributed by atoms with Crippen molar-refractivity contribution in [1.82, 2.24) is 5.32 Å². The van der Waals surface area contributed by atoms with E-state index >= 15 is 0 Å². The van der Waals surface area contributed by atoms with Gasteiger partial charge in [-0.1, -0.05) is 11.6 Å². The molecule has 3 rings (SSSR count). The monoisotopic (exact) mass is 265 g/mol. The molecular formula is C16H27NO2. The molecule has 2 unspecified atom stereocenters. The Kier molecular flexibility index (Phi) is 4.57. The van der Waals surface area contributed by atoms with Gasteiger partial charge in [0.05, 0.1) is 12.2 Å². The minimum absolute atomic E-state index is 0.0417. The Morgan fingerprint density at radius 3 is 3.11 bits per heavy atom. The minimum atomic E-state index is 0.0417. The third kappa shape index (κ3) is 3.59. The van der Waals surface area contributed by atoms with E-state index in [-0.39, 0.29) is 5.60 Å². The molecule has 19 heavy (non-hydrogen) atoms. The van der Waals surface area contributed by atoms with Crippen LogP contribution in [0.15, 0.2) is 11.6 Å². The van der Waals surface area contributed by atoms with Crippen LogP contribution in [-0.2, 0) is 9.47 Å². The number of hydrogen-bond donors (Lipinski definition) is 1. The Morgan fingerprint density at radius 2 is 2.32 bits per heavy atom. The Morgan fingerprint density at radius 1 is 1.32 bits per heavy atom. The Labute approximate surface area is 116 Å². The molecule has 2 atom stereocenters. The van der Waals surface area contributed by atoms with Crippen LogP contribution < -0.4 is 5.32 Å². The van der Waals surface area contributed by atoms with Gasteiger partial charge in [0.2, 0.25) is 0 Å². The van der Waals surface area contributed by atoms with Crippen molar-refractivity contribution < 1.29 is 9.47 Å². The van der Waals surface area contributed by atoms with Gasteiger partial charge in [-0.05, 0) is 51.5 Å². The highest BCUT2D eigenvalue weighted by atomic mass is 16.6. The maximum atomic E-state index is 5.98. The topological polar surface area (TPSA) is 30.5 Å². The van der Waals surface area contributed by atoms with Gasteiger partial charge in [0, 0.05) is 25.7 Å². The molecule has 1 N–H and O–H groups in total. The summed E-state index contributed by atoms with van der Waals surface area (Å²) in [7, 11) is 0. The predicted molar refractivity (Wildman–Crippen MR) is 76.3 cm³/mol. The highest BCUT2D eigenvalue weighted by Gasteiger charge is 2.40. The van der Waals surface area contributed by atoms with Crippen LogP contribution in [0.4, 0.5) is 0 Å². The highest BCUT2D eigenvalue weighted by Crippen LogP contribution is 2.32. The van der Waals surface area contributed by atoms with Gasteiger partial charge < -0.3 is 14.8 Å². The van der Waals surface area contributed by atoms with E-state index in [9.17, 15) is 0 Å². The second kappa shape index (κ2) is 6.38. The molecule has 0 amide bonds. The van der Waals surface area contributed by atoms with Crippen molar-refractivity contribution in [3.05, 3.63) is 11.6 Å². The van der Waals surface area contributed by atoms with E-state index in [1.165, 1.54) is 32.1 Å². The Balaban J connectivity index is 1.41. The second-order valence-electron chi connectivity index (χ2n) is 6.34. The molecule has 0 aromatic carbocycles. The number of hydrogen-bond acceptors (Lipinski definition) is 3. The van der Waals surface area contributed by atoms with Crippen molar-refractivity contribution in [2.24, 2.45) is 0 Å². The maximum absolute atomic E-state index is 5.98. The third-order valence-electron chi connectivity index (χ3n) is 4.82. The molecule has 0 bridgehead atoms. The van der Waals surface area contributed by atoms with Crippen LogP contribution in [0.2, 0.25) is 0 Å². The predicted octanol–water partition coefficient (Wildman–Crippen LogP) is 2.80. The first kappa shape index (κ1) is 13.6. The van der Waals surface area contributed by atoms with Crippen molar-refractivity contribution in [3.8, 4) is 0 Å². The van der Waals surface area contributed by atoms with Crippen molar-refractivity contribution in [2.45, 2.75) is 63.0 Å². The van der Waals surface area contributed by atoms with Gasteiger partial charge in [-0.2, -0.15) is 0 Å². The summed E-state index contributed by atoms with van der Waals surface area (Å²) >= 11 is 0. The zero-order valence-electron chi connectivity index (χ0n) is 12.0. The van der Waals surface area contributed by atoms with Crippen LogP contribution >= 0.6 is 0 Å². The summed E-state index contributed by atoms with van der Waals surface area (Å²) in [6.45, 7) is 3.70. The van der Waals surface area contributed by atoms with Gasteiger partial charge in [0.15, 0.2) is 0 Å². The molecule has 108 valence electrons. The Bertz CT molecular complexity index is 321. The molecule has 0 saturated carbocycles. The van der Waals surface area contributed by atoms with E-state index in [0.717, 1.165) is 45.6 Å². The molecule has 2 saturated heterocycles. The van der Waals surface area contributed by atoms with Crippen LogP contribution in [0.1, 0.15) is 51.4 Å². The van der Waals surface area contributed by atoms with Crippen LogP contribution in [0, 0.1) is 0 Å².